The van der Waals surface area contributed by atoms with Crippen molar-refractivity contribution in [2.24, 2.45) is 0 Å². The number of nitrogens with zero attached hydrogens (tertiary/aromatic N) is 2. The molecule has 5 heteroatoms. The smallest absolute Gasteiger partial charge is 0.124 e. The highest BCUT2D eigenvalue weighted by molar-refractivity contribution is 9.10. The van der Waals surface area contributed by atoms with Gasteiger partial charge in [0.2, 0.25) is 0 Å². The third-order valence-corrected chi connectivity index (χ3v) is 4.00. The number of aromatic nitrogens is 1. The van der Waals surface area contributed by atoms with E-state index in [1.165, 1.54) is 23.5 Å². The van der Waals surface area contributed by atoms with Gasteiger partial charge in [-0.15, -0.1) is 11.3 Å². The molecule has 2 aromatic rings. The fraction of sp³-hybridized carbons (Fsp3) is 0.0909. The van der Waals surface area contributed by atoms with E-state index in [1.807, 2.05) is 0 Å². The summed E-state index contributed by atoms with van der Waals surface area (Å²) in [4.78, 5) is 5.18. The average Bonchev–Trinajstić information content (AvgIpc) is 2.62. The van der Waals surface area contributed by atoms with Crippen molar-refractivity contribution in [2.45, 2.75) is 6.42 Å². The van der Waals surface area contributed by atoms with E-state index in [2.05, 4.69) is 27.0 Å². The van der Waals surface area contributed by atoms with Crippen molar-refractivity contribution in [3.05, 3.63) is 39.6 Å². The first-order chi connectivity index (χ1) is 7.70. The molecule has 80 valence electrons. The second kappa shape index (κ2) is 4.73. The van der Waals surface area contributed by atoms with Crippen LogP contribution in [0.1, 0.15) is 4.88 Å². The van der Waals surface area contributed by atoms with Gasteiger partial charge in [-0.1, -0.05) is 0 Å². The van der Waals surface area contributed by atoms with Gasteiger partial charge in [-0.3, -0.25) is 0 Å². The zero-order valence-electron chi connectivity index (χ0n) is 8.08. The summed E-state index contributed by atoms with van der Waals surface area (Å²) in [5.74, 6) is -0.267. The van der Waals surface area contributed by atoms with Crippen molar-refractivity contribution in [1.29, 1.82) is 5.26 Å². The maximum atomic E-state index is 12.7. The lowest BCUT2D eigenvalue weighted by molar-refractivity contribution is 0.628. The zero-order valence-corrected chi connectivity index (χ0v) is 10.5. The van der Waals surface area contributed by atoms with Gasteiger partial charge in [0.05, 0.1) is 17.4 Å². The molecular weight excluding hydrogens is 291 g/mol. The van der Waals surface area contributed by atoms with Crippen molar-refractivity contribution in [2.75, 3.05) is 0 Å². The molecule has 1 aromatic heterocycles. The summed E-state index contributed by atoms with van der Waals surface area (Å²) in [6.45, 7) is 0. The van der Waals surface area contributed by atoms with E-state index in [9.17, 15) is 4.39 Å². The Labute approximate surface area is 105 Å². The van der Waals surface area contributed by atoms with Gasteiger partial charge >= 0.3 is 0 Å². The third-order valence-electron chi connectivity index (χ3n) is 1.98. The Morgan fingerprint density at radius 1 is 1.38 bits per heavy atom. The minimum absolute atomic E-state index is 0.267. The van der Waals surface area contributed by atoms with Gasteiger partial charge in [-0.25, -0.2) is 9.37 Å². The zero-order chi connectivity index (χ0) is 11.5. The molecule has 0 aliphatic rings. The number of hydrogen-bond acceptors (Lipinski definition) is 3. The van der Waals surface area contributed by atoms with Crippen molar-refractivity contribution in [3.63, 3.8) is 0 Å². The Hall–Kier alpha value is -1.25. The Morgan fingerprint density at radius 3 is 2.69 bits per heavy atom. The van der Waals surface area contributed by atoms with E-state index >= 15 is 0 Å². The molecule has 0 aliphatic carbocycles. The Morgan fingerprint density at radius 2 is 2.06 bits per heavy atom. The number of benzene rings is 1. The van der Waals surface area contributed by atoms with Crippen LogP contribution in [-0.2, 0) is 6.42 Å². The molecule has 2 nitrogen and oxygen atoms in total. The number of rotatable bonds is 2. The van der Waals surface area contributed by atoms with Crippen molar-refractivity contribution in [3.8, 4) is 16.6 Å². The van der Waals surface area contributed by atoms with Crippen LogP contribution < -0.4 is 0 Å². The molecule has 0 bridgehead atoms. The number of nitriles is 1. The van der Waals surface area contributed by atoms with Gasteiger partial charge in [-0.2, -0.15) is 5.26 Å². The fourth-order valence-corrected chi connectivity index (χ4v) is 2.80. The van der Waals surface area contributed by atoms with Gasteiger partial charge in [0, 0.05) is 5.56 Å². The van der Waals surface area contributed by atoms with Gasteiger partial charge < -0.3 is 0 Å². The summed E-state index contributed by atoms with van der Waals surface area (Å²) >= 11 is 4.74. The second-order valence-corrected chi connectivity index (χ2v) is 4.91. The van der Waals surface area contributed by atoms with Crippen LogP contribution in [0.2, 0.25) is 0 Å². The molecule has 0 N–H and O–H groups in total. The number of thiazole rings is 1. The van der Waals surface area contributed by atoms with E-state index in [0.717, 1.165) is 15.4 Å². The summed E-state index contributed by atoms with van der Waals surface area (Å²) in [7, 11) is 0. The lowest BCUT2D eigenvalue weighted by Crippen LogP contribution is -1.77. The summed E-state index contributed by atoms with van der Waals surface area (Å²) in [6, 6.07) is 8.23. The second-order valence-electron chi connectivity index (χ2n) is 3.07. The van der Waals surface area contributed by atoms with E-state index in [-0.39, 0.29) is 5.82 Å². The van der Waals surface area contributed by atoms with Crippen LogP contribution in [0.3, 0.4) is 0 Å². The van der Waals surface area contributed by atoms with E-state index < -0.39 is 0 Å². The van der Waals surface area contributed by atoms with Gasteiger partial charge in [-0.05, 0) is 40.2 Å². The Bertz CT molecular complexity index is 542. The number of hydrogen-bond donors (Lipinski definition) is 0. The van der Waals surface area contributed by atoms with Gasteiger partial charge in [0.1, 0.15) is 15.4 Å². The fourth-order valence-electron chi connectivity index (χ4n) is 1.23. The SMILES string of the molecule is N#CCc1sc(-c2ccc(F)cc2)nc1Br. The monoisotopic (exact) mass is 296 g/mol. The maximum absolute atomic E-state index is 12.7. The lowest BCUT2D eigenvalue weighted by atomic mass is 10.2. The molecule has 2 rings (SSSR count). The first-order valence-electron chi connectivity index (χ1n) is 4.49. The average molecular weight is 297 g/mol. The highest BCUT2D eigenvalue weighted by atomic mass is 79.9. The molecule has 0 spiro atoms. The van der Waals surface area contributed by atoms with Crippen molar-refractivity contribution >= 4 is 27.3 Å². The van der Waals surface area contributed by atoms with E-state index in [1.54, 1.807) is 12.1 Å². The predicted octanol–water partition coefficient (Wildman–Crippen LogP) is 3.78. The quantitative estimate of drug-likeness (QED) is 0.846. The maximum Gasteiger partial charge on any atom is 0.124 e. The topological polar surface area (TPSA) is 36.7 Å². The van der Waals surface area contributed by atoms with Crippen LogP contribution >= 0.6 is 27.3 Å². The summed E-state index contributed by atoms with van der Waals surface area (Å²) < 4.78 is 13.4. The highest BCUT2D eigenvalue weighted by Gasteiger charge is 2.10. The molecule has 1 heterocycles. The van der Waals surface area contributed by atoms with Crippen LogP contribution in [-0.4, -0.2) is 4.98 Å². The van der Waals surface area contributed by atoms with Crippen LogP contribution in [0, 0.1) is 17.1 Å². The van der Waals surface area contributed by atoms with Crippen LogP contribution in [0.25, 0.3) is 10.6 Å². The van der Waals surface area contributed by atoms with E-state index in [0.29, 0.717) is 11.0 Å². The molecule has 16 heavy (non-hydrogen) atoms. The molecular formula is C11H6BrFN2S. The molecule has 0 atom stereocenters. The van der Waals surface area contributed by atoms with E-state index in [4.69, 9.17) is 5.26 Å². The molecule has 0 radical (unpaired) electrons. The number of halogens is 2. The minimum atomic E-state index is -0.267. The summed E-state index contributed by atoms with van der Waals surface area (Å²) in [6.07, 6.45) is 0.333. The molecule has 0 fully saturated rings. The predicted molar refractivity (Wildman–Crippen MR) is 64.5 cm³/mol. The first kappa shape index (κ1) is 11.2. The van der Waals surface area contributed by atoms with Crippen LogP contribution in [0.5, 0.6) is 0 Å². The minimum Gasteiger partial charge on any atom is -0.229 e. The Kier molecular flexibility index (Phi) is 3.32. The lowest BCUT2D eigenvalue weighted by Gasteiger charge is -1.94. The van der Waals surface area contributed by atoms with Crippen LogP contribution in [0.15, 0.2) is 28.9 Å². The van der Waals surface area contributed by atoms with Gasteiger partial charge in [0.25, 0.3) is 0 Å². The highest BCUT2D eigenvalue weighted by Crippen LogP contribution is 2.31. The summed E-state index contributed by atoms with van der Waals surface area (Å²) in [5, 5.41) is 9.41. The third kappa shape index (κ3) is 2.29. The van der Waals surface area contributed by atoms with Crippen molar-refractivity contribution in [1.82, 2.24) is 4.98 Å². The standard InChI is InChI=1S/C11H6BrFN2S/c12-10-9(5-6-14)16-11(15-10)7-1-3-8(13)4-2-7/h1-4H,5H2. The molecule has 0 unspecified atom stereocenters. The Balaban J connectivity index is 2.38. The molecule has 0 aliphatic heterocycles. The van der Waals surface area contributed by atoms with Crippen LogP contribution in [0.4, 0.5) is 4.39 Å². The van der Waals surface area contributed by atoms with Gasteiger partial charge in [0.15, 0.2) is 0 Å². The molecule has 0 amide bonds. The normalized spacial score (nSPS) is 10.1. The van der Waals surface area contributed by atoms with Crippen molar-refractivity contribution < 1.29 is 4.39 Å². The largest absolute Gasteiger partial charge is 0.229 e. The first-order valence-corrected chi connectivity index (χ1v) is 6.10. The molecule has 0 saturated heterocycles. The molecule has 0 saturated carbocycles. The summed E-state index contributed by atoms with van der Waals surface area (Å²) in [5.41, 5.74) is 0.858. The molecule has 1 aromatic carbocycles.